The Labute approximate surface area is 131 Å². The first kappa shape index (κ1) is 12.7. The molecule has 3 aromatic rings. The van der Waals surface area contributed by atoms with Crippen LogP contribution in [0, 0.1) is 0 Å². The number of hydrogen-bond acceptors (Lipinski definition) is 4. The van der Waals surface area contributed by atoms with Gasteiger partial charge in [-0.1, -0.05) is 35.9 Å². The smallest absolute Gasteiger partial charge is 0.139 e. The molecule has 0 spiro atoms. The summed E-state index contributed by atoms with van der Waals surface area (Å²) in [6.07, 6.45) is 0. The van der Waals surface area contributed by atoms with Crippen LogP contribution < -0.4 is 11.1 Å². The first-order chi connectivity index (χ1) is 10.2. The van der Waals surface area contributed by atoms with E-state index < -0.39 is 0 Å². The molecule has 2 aromatic carbocycles. The maximum absolute atomic E-state index is 5.98. The second-order valence-corrected chi connectivity index (χ2v) is 6.39. The lowest BCUT2D eigenvalue weighted by molar-refractivity contribution is 1.12. The Kier molecular flexibility index (Phi) is 2.87. The van der Waals surface area contributed by atoms with Crippen molar-refractivity contribution in [3.63, 3.8) is 0 Å². The molecule has 4 rings (SSSR count). The molecule has 104 valence electrons. The monoisotopic (exact) mass is 313 g/mol. The van der Waals surface area contributed by atoms with Crippen LogP contribution in [-0.4, -0.2) is 12.5 Å². The highest BCUT2D eigenvalue weighted by atomic mass is 35.5. The maximum Gasteiger partial charge on any atom is 0.139 e. The summed E-state index contributed by atoms with van der Waals surface area (Å²) in [5.74, 6) is 0.623. The van der Waals surface area contributed by atoms with Crippen molar-refractivity contribution in [1.82, 2.24) is 0 Å². The van der Waals surface area contributed by atoms with Gasteiger partial charge in [-0.3, -0.25) is 0 Å². The van der Waals surface area contributed by atoms with E-state index in [4.69, 9.17) is 17.3 Å². The van der Waals surface area contributed by atoms with Gasteiger partial charge in [-0.05, 0) is 29.3 Å². The molecule has 0 saturated carbocycles. The summed E-state index contributed by atoms with van der Waals surface area (Å²) in [5, 5.41) is 5.26. The van der Waals surface area contributed by atoms with Gasteiger partial charge in [0.05, 0.1) is 10.6 Å². The summed E-state index contributed by atoms with van der Waals surface area (Å²) in [5.41, 5.74) is 9.41. The molecule has 0 atom stereocenters. The fourth-order valence-electron chi connectivity index (χ4n) is 2.55. The highest BCUT2D eigenvalue weighted by molar-refractivity contribution is 7.21. The van der Waals surface area contributed by atoms with Crippen LogP contribution in [0.2, 0.25) is 5.02 Å². The molecular weight excluding hydrogens is 302 g/mol. The van der Waals surface area contributed by atoms with Gasteiger partial charge in [-0.2, -0.15) is 0 Å². The number of aliphatic imine (C=N–C) groups is 1. The number of rotatable bonds is 1. The number of amidine groups is 1. The molecule has 0 radical (unpaired) electrons. The van der Waals surface area contributed by atoms with Gasteiger partial charge in [0.25, 0.3) is 0 Å². The highest BCUT2D eigenvalue weighted by Crippen LogP contribution is 2.39. The maximum atomic E-state index is 5.98. The van der Waals surface area contributed by atoms with Gasteiger partial charge < -0.3 is 11.1 Å². The first-order valence-corrected chi connectivity index (χ1v) is 7.78. The molecule has 1 aliphatic heterocycles. The van der Waals surface area contributed by atoms with Gasteiger partial charge >= 0.3 is 0 Å². The molecule has 0 fully saturated rings. The summed E-state index contributed by atoms with van der Waals surface area (Å²) in [4.78, 5) is 5.27. The number of nitrogens with two attached hydrogens (primary N) is 1. The van der Waals surface area contributed by atoms with Crippen molar-refractivity contribution in [2.75, 3.05) is 12.0 Å². The minimum Gasteiger partial charge on any atom is -0.383 e. The fraction of sp³-hybridized carbons (Fsp3) is 0.0625. The number of hydrogen-bond donors (Lipinski definition) is 2. The van der Waals surface area contributed by atoms with Gasteiger partial charge in [0, 0.05) is 15.1 Å². The topological polar surface area (TPSA) is 50.4 Å². The zero-order valence-corrected chi connectivity index (χ0v) is 12.6. The average molecular weight is 314 g/mol. The van der Waals surface area contributed by atoms with Crippen LogP contribution in [0.25, 0.3) is 21.2 Å². The van der Waals surface area contributed by atoms with Crippen molar-refractivity contribution >= 4 is 44.5 Å². The molecule has 3 N–H and O–H groups in total. The number of benzene rings is 2. The van der Waals surface area contributed by atoms with Crippen molar-refractivity contribution in [3.8, 4) is 11.1 Å². The molecule has 3 nitrogen and oxygen atoms in total. The van der Waals surface area contributed by atoms with E-state index in [1.54, 1.807) is 11.3 Å². The summed E-state index contributed by atoms with van der Waals surface area (Å²) in [6.45, 7) is 0.545. The molecule has 2 heterocycles. The molecule has 21 heavy (non-hydrogen) atoms. The van der Waals surface area contributed by atoms with Crippen molar-refractivity contribution < 1.29 is 0 Å². The zero-order chi connectivity index (χ0) is 14.4. The van der Waals surface area contributed by atoms with Crippen LogP contribution in [-0.2, 0) is 0 Å². The molecule has 0 amide bonds. The summed E-state index contributed by atoms with van der Waals surface area (Å²) in [7, 11) is 0. The molecular formula is C16H12ClN3S. The quantitative estimate of drug-likeness (QED) is 0.703. The standard InChI is InChI=1S/C16H12ClN3S/c17-11-4-1-9(2-5-11)10-3-6-12-13(7-10)21-15-14(12)19-8-20-16(15)18/h1-7,19H,8H2,(H2,18,20). The van der Waals surface area contributed by atoms with Crippen LogP contribution >= 0.6 is 22.9 Å². The largest absolute Gasteiger partial charge is 0.383 e. The molecule has 0 bridgehead atoms. The molecule has 1 aromatic heterocycles. The molecule has 1 aliphatic rings. The summed E-state index contributed by atoms with van der Waals surface area (Å²) < 4.78 is 1.21. The minimum absolute atomic E-state index is 0.545. The van der Waals surface area contributed by atoms with E-state index in [0.717, 1.165) is 21.2 Å². The molecule has 0 aliphatic carbocycles. The van der Waals surface area contributed by atoms with Crippen LogP contribution in [0.1, 0.15) is 4.88 Å². The minimum atomic E-state index is 0.545. The second kappa shape index (κ2) is 4.76. The zero-order valence-electron chi connectivity index (χ0n) is 11.1. The second-order valence-electron chi connectivity index (χ2n) is 4.90. The number of thiophene rings is 1. The van der Waals surface area contributed by atoms with Crippen molar-refractivity contribution in [3.05, 3.63) is 52.4 Å². The van der Waals surface area contributed by atoms with Crippen LogP contribution in [0.4, 0.5) is 5.69 Å². The molecule has 0 unspecified atom stereocenters. The third-order valence-corrected chi connectivity index (χ3v) is 5.03. The van der Waals surface area contributed by atoms with Gasteiger partial charge in [0.1, 0.15) is 12.5 Å². The van der Waals surface area contributed by atoms with E-state index >= 15 is 0 Å². The Morgan fingerprint density at radius 3 is 2.67 bits per heavy atom. The Morgan fingerprint density at radius 1 is 1.10 bits per heavy atom. The lowest BCUT2D eigenvalue weighted by Crippen LogP contribution is -2.20. The van der Waals surface area contributed by atoms with Crippen molar-refractivity contribution in [2.45, 2.75) is 0 Å². The SMILES string of the molecule is NC1=NCNc2c1sc1cc(-c3ccc(Cl)cc3)ccc21. The van der Waals surface area contributed by atoms with Crippen LogP contribution in [0.15, 0.2) is 47.5 Å². The number of nitrogens with one attached hydrogen (secondary N) is 1. The predicted octanol–water partition coefficient (Wildman–Crippen LogP) is 4.31. The van der Waals surface area contributed by atoms with Gasteiger partial charge in [0.2, 0.25) is 0 Å². The van der Waals surface area contributed by atoms with E-state index in [0.29, 0.717) is 12.5 Å². The Bertz CT molecular complexity index is 865. The normalized spacial score (nSPS) is 13.7. The van der Waals surface area contributed by atoms with Gasteiger partial charge in [-0.15, -0.1) is 11.3 Å². The Morgan fingerprint density at radius 2 is 1.86 bits per heavy atom. The average Bonchev–Trinajstić information content (AvgIpc) is 2.87. The third kappa shape index (κ3) is 2.07. The number of halogens is 1. The number of anilines is 1. The number of nitrogens with zero attached hydrogens (tertiary/aromatic N) is 1. The lowest BCUT2D eigenvalue weighted by Gasteiger charge is -2.11. The van der Waals surface area contributed by atoms with Crippen LogP contribution in [0.3, 0.4) is 0 Å². The van der Waals surface area contributed by atoms with Crippen LogP contribution in [0.5, 0.6) is 0 Å². The Hall–Kier alpha value is -2.04. The van der Waals surface area contributed by atoms with E-state index in [1.807, 2.05) is 24.3 Å². The first-order valence-electron chi connectivity index (χ1n) is 6.59. The third-order valence-electron chi connectivity index (χ3n) is 3.61. The number of fused-ring (bicyclic) bond motifs is 3. The Balaban J connectivity index is 1.87. The highest BCUT2D eigenvalue weighted by Gasteiger charge is 2.18. The summed E-state index contributed by atoms with van der Waals surface area (Å²) in [6, 6.07) is 14.3. The summed E-state index contributed by atoms with van der Waals surface area (Å²) >= 11 is 7.62. The van der Waals surface area contributed by atoms with E-state index in [-0.39, 0.29) is 0 Å². The van der Waals surface area contributed by atoms with E-state index in [9.17, 15) is 0 Å². The van der Waals surface area contributed by atoms with Crippen molar-refractivity contribution in [1.29, 1.82) is 0 Å². The van der Waals surface area contributed by atoms with Gasteiger partial charge in [-0.25, -0.2) is 4.99 Å². The van der Waals surface area contributed by atoms with Crippen molar-refractivity contribution in [2.24, 2.45) is 10.7 Å². The predicted molar refractivity (Wildman–Crippen MR) is 91.5 cm³/mol. The van der Waals surface area contributed by atoms with Gasteiger partial charge in [0.15, 0.2) is 0 Å². The van der Waals surface area contributed by atoms with E-state index in [1.165, 1.54) is 15.6 Å². The molecule has 0 saturated heterocycles. The lowest BCUT2D eigenvalue weighted by atomic mass is 10.0. The van der Waals surface area contributed by atoms with E-state index in [2.05, 4.69) is 28.5 Å². The molecule has 5 heteroatoms. The fourth-order valence-corrected chi connectivity index (χ4v) is 3.82.